The molecule has 0 aliphatic carbocycles. The Morgan fingerprint density at radius 3 is 2.55 bits per heavy atom. The van der Waals surface area contributed by atoms with Crippen LogP contribution < -0.4 is 16.4 Å². The van der Waals surface area contributed by atoms with Gasteiger partial charge in [0.15, 0.2) is 0 Å². The third kappa shape index (κ3) is 9.02. The van der Waals surface area contributed by atoms with Crippen molar-refractivity contribution in [3.63, 3.8) is 0 Å². The van der Waals surface area contributed by atoms with E-state index < -0.39 is 23.7 Å². The second kappa shape index (κ2) is 11.0. The van der Waals surface area contributed by atoms with E-state index in [4.69, 9.17) is 15.6 Å². The molecule has 1 atom stereocenters. The van der Waals surface area contributed by atoms with Crippen LogP contribution in [-0.2, 0) is 9.53 Å². The predicted octanol–water partition coefficient (Wildman–Crippen LogP) is 2.52. The first-order valence-electron chi connectivity index (χ1n) is 9.42. The highest BCUT2D eigenvalue weighted by Crippen LogP contribution is 2.13. The van der Waals surface area contributed by atoms with Crippen LogP contribution in [0.5, 0.6) is 0 Å². The number of rotatable bonds is 7. The largest absolute Gasteiger partial charge is 0.478 e. The van der Waals surface area contributed by atoms with Crippen molar-refractivity contribution in [2.24, 2.45) is 0 Å². The zero-order valence-electron chi connectivity index (χ0n) is 17.3. The number of carbonyl (C=O) groups is 3. The molecule has 0 saturated heterocycles. The summed E-state index contributed by atoms with van der Waals surface area (Å²) in [7, 11) is 0. The fraction of sp³-hybridized carbons (Fsp3) is 0.476. The van der Waals surface area contributed by atoms with Crippen molar-refractivity contribution in [1.82, 2.24) is 10.6 Å². The van der Waals surface area contributed by atoms with Crippen molar-refractivity contribution in [3.8, 4) is 11.8 Å². The van der Waals surface area contributed by atoms with E-state index in [0.717, 1.165) is 0 Å². The van der Waals surface area contributed by atoms with E-state index in [1.807, 2.05) is 0 Å². The van der Waals surface area contributed by atoms with Gasteiger partial charge >= 0.3 is 12.1 Å². The van der Waals surface area contributed by atoms with Gasteiger partial charge in [0, 0.05) is 24.2 Å². The van der Waals surface area contributed by atoms with Crippen molar-refractivity contribution in [3.05, 3.63) is 29.3 Å². The number of hydrogen-bond donors (Lipinski definition) is 4. The second-order valence-electron chi connectivity index (χ2n) is 7.41. The molecule has 0 heterocycles. The van der Waals surface area contributed by atoms with E-state index in [2.05, 4.69) is 22.5 Å². The lowest BCUT2D eigenvalue weighted by Crippen LogP contribution is -2.48. The number of carboxylic acid groups (broad SMARTS) is 1. The SMILES string of the molecule is CC[C@H](NC(=O)OC(C)(C)C)C(=O)NCCCC#Cc1cc(C(=O)O)ccc1N. The molecule has 0 spiro atoms. The molecule has 1 aromatic rings. The number of nitrogen functional groups attached to an aromatic ring is 1. The molecule has 0 aromatic heterocycles. The van der Waals surface area contributed by atoms with Gasteiger partial charge in [-0.2, -0.15) is 0 Å². The number of carboxylic acids is 1. The lowest BCUT2D eigenvalue weighted by Gasteiger charge is -2.22. The maximum absolute atomic E-state index is 12.2. The summed E-state index contributed by atoms with van der Waals surface area (Å²) in [4.78, 5) is 35.0. The van der Waals surface area contributed by atoms with Gasteiger partial charge in [-0.15, -0.1) is 0 Å². The maximum Gasteiger partial charge on any atom is 0.408 e. The number of anilines is 1. The average molecular weight is 403 g/mol. The van der Waals surface area contributed by atoms with Gasteiger partial charge in [0.1, 0.15) is 11.6 Å². The van der Waals surface area contributed by atoms with Crippen LogP contribution in [-0.4, -0.2) is 41.3 Å². The van der Waals surface area contributed by atoms with Gasteiger partial charge in [0.25, 0.3) is 0 Å². The molecule has 0 bridgehead atoms. The Hall–Kier alpha value is -3.21. The topological polar surface area (TPSA) is 131 Å². The van der Waals surface area contributed by atoms with E-state index in [9.17, 15) is 14.4 Å². The number of benzene rings is 1. The normalized spacial score (nSPS) is 11.6. The van der Waals surface area contributed by atoms with Gasteiger partial charge in [-0.25, -0.2) is 9.59 Å². The molecule has 0 radical (unpaired) electrons. The van der Waals surface area contributed by atoms with Crippen LogP contribution in [0.4, 0.5) is 10.5 Å². The number of nitrogens with two attached hydrogens (primary N) is 1. The van der Waals surface area contributed by atoms with E-state index in [0.29, 0.717) is 37.1 Å². The molecule has 5 N–H and O–H groups in total. The Morgan fingerprint density at radius 1 is 1.28 bits per heavy atom. The smallest absolute Gasteiger partial charge is 0.408 e. The highest BCUT2D eigenvalue weighted by molar-refractivity contribution is 5.89. The lowest BCUT2D eigenvalue weighted by molar-refractivity contribution is -0.123. The van der Waals surface area contributed by atoms with E-state index in [1.165, 1.54) is 18.2 Å². The third-order valence-electron chi connectivity index (χ3n) is 3.72. The van der Waals surface area contributed by atoms with Crippen LogP contribution in [0.2, 0.25) is 0 Å². The lowest BCUT2D eigenvalue weighted by atomic mass is 10.1. The van der Waals surface area contributed by atoms with Crippen molar-refractivity contribution >= 4 is 23.7 Å². The van der Waals surface area contributed by atoms with E-state index >= 15 is 0 Å². The number of alkyl carbamates (subject to hydrolysis) is 1. The summed E-state index contributed by atoms with van der Waals surface area (Å²) in [5, 5.41) is 14.3. The summed E-state index contributed by atoms with van der Waals surface area (Å²) in [6, 6.07) is 3.69. The van der Waals surface area contributed by atoms with E-state index in [1.54, 1.807) is 27.7 Å². The molecular weight excluding hydrogens is 374 g/mol. The summed E-state index contributed by atoms with van der Waals surface area (Å²) in [6.45, 7) is 7.44. The zero-order valence-corrected chi connectivity index (χ0v) is 17.3. The third-order valence-corrected chi connectivity index (χ3v) is 3.72. The number of ether oxygens (including phenoxy) is 1. The van der Waals surface area contributed by atoms with Gasteiger partial charge in [-0.05, 0) is 51.8 Å². The maximum atomic E-state index is 12.2. The number of unbranched alkanes of at least 4 members (excludes halogenated alkanes) is 1. The Morgan fingerprint density at radius 2 is 1.97 bits per heavy atom. The Bertz CT molecular complexity index is 803. The first-order valence-corrected chi connectivity index (χ1v) is 9.42. The monoisotopic (exact) mass is 403 g/mol. The van der Waals surface area contributed by atoms with Gasteiger partial charge in [0.2, 0.25) is 5.91 Å². The Kier molecular flexibility index (Phi) is 9.00. The molecule has 0 aliphatic heterocycles. The van der Waals surface area contributed by atoms with Gasteiger partial charge < -0.3 is 26.2 Å². The number of carbonyl (C=O) groups excluding carboxylic acids is 2. The summed E-state index contributed by atoms with van der Waals surface area (Å²) < 4.78 is 5.16. The average Bonchev–Trinajstić information content (AvgIpc) is 2.61. The van der Waals surface area contributed by atoms with Crippen LogP contribution in [0, 0.1) is 11.8 Å². The fourth-order valence-corrected chi connectivity index (χ4v) is 2.27. The van der Waals surface area contributed by atoms with Crippen LogP contribution >= 0.6 is 0 Å². The zero-order chi connectivity index (χ0) is 22.0. The molecule has 0 unspecified atom stereocenters. The van der Waals surface area contributed by atoms with Crippen molar-refractivity contribution < 1.29 is 24.2 Å². The summed E-state index contributed by atoms with van der Waals surface area (Å²) >= 11 is 0. The fourth-order valence-electron chi connectivity index (χ4n) is 2.27. The molecule has 29 heavy (non-hydrogen) atoms. The predicted molar refractivity (Wildman–Crippen MR) is 110 cm³/mol. The van der Waals surface area contributed by atoms with Crippen molar-refractivity contribution in [2.45, 2.75) is 58.6 Å². The molecule has 1 rings (SSSR count). The number of nitrogens with one attached hydrogen (secondary N) is 2. The number of amides is 2. The first-order chi connectivity index (χ1) is 13.5. The van der Waals surface area contributed by atoms with Gasteiger partial charge in [-0.3, -0.25) is 4.79 Å². The first kappa shape index (κ1) is 23.8. The summed E-state index contributed by atoms with van der Waals surface area (Å²) in [5.74, 6) is 4.45. The van der Waals surface area contributed by atoms with Crippen LogP contribution in [0.15, 0.2) is 18.2 Å². The minimum atomic E-state index is -1.04. The Labute approximate surface area is 171 Å². The van der Waals surface area contributed by atoms with Crippen LogP contribution in [0.3, 0.4) is 0 Å². The molecule has 0 saturated carbocycles. The molecule has 0 fully saturated rings. The quantitative estimate of drug-likeness (QED) is 0.314. The summed E-state index contributed by atoms with van der Waals surface area (Å²) in [6.07, 6.45) is 0.892. The molecule has 0 aliphatic rings. The molecule has 1 aromatic carbocycles. The number of hydrogen-bond acceptors (Lipinski definition) is 5. The molecule has 8 heteroatoms. The van der Waals surface area contributed by atoms with Crippen LogP contribution in [0.25, 0.3) is 0 Å². The molecule has 2 amide bonds. The van der Waals surface area contributed by atoms with Gasteiger partial charge in [0.05, 0.1) is 5.56 Å². The van der Waals surface area contributed by atoms with Crippen LogP contribution in [0.1, 0.15) is 62.9 Å². The molecular formula is C21H29N3O5. The Balaban J connectivity index is 2.45. The molecule has 8 nitrogen and oxygen atoms in total. The van der Waals surface area contributed by atoms with Crippen molar-refractivity contribution in [1.29, 1.82) is 0 Å². The molecule has 158 valence electrons. The minimum Gasteiger partial charge on any atom is -0.478 e. The van der Waals surface area contributed by atoms with Gasteiger partial charge in [-0.1, -0.05) is 18.8 Å². The van der Waals surface area contributed by atoms with Crippen molar-refractivity contribution in [2.75, 3.05) is 12.3 Å². The standard InChI is InChI=1S/C21H29N3O5/c1-5-17(24-20(28)29-21(2,3)4)18(25)23-12-8-6-7-9-14-13-15(19(26)27)10-11-16(14)22/h10-11,13,17H,5-6,8,12,22H2,1-4H3,(H,23,25)(H,24,28)(H,26,27)/t17-/m0/s1. The van der Waals surface area contributed by atoms with E-state index in [-0.39, 0.29) is 11.5 Å². The second-order valence-corrected chi connectivity index (χ2v) is 7.41. The minimum absolute atomic E-state index is 0.124. The number of aromatic carboxylic acids is 1. The summed E-state index contributed by atoms with van der Waals surface area (Å²) in [5.41, 5.74) is 6.16. The highest BCUT2D eigenvalue weighted by atomic mass is 16.6. The highest BCUT2D eigenvalue weighted by Gasteiger charge is 2.22.